The summed E-state index contributed by atoms with van der Waals surface area (Å²) in [5, 5.41) is 8.47. The molecule has 4 rings (SSSR count). The Morgan fingerprint density at radius 1 is 1.17 bits per heavy atom. The van der Waals surface area contributed by atoms with Crippen molar-refractivity contribution in [3.8, 4) is 0 Å². The number of nitrogens with zero attached hydrogens (tertiary/aromatic N) is 3. The first-order chi connectivity index (χ1) is 13.8. The number of rotatable bonds is 4. The van der Waals surface area contributed by atoms with Gasteiger partial charge >= 0.3 is 6.18 Å². The second kappa shape index (κ2) is 7.70. The summed E-state index contributed by atoms with van der Waals surface area (Å²) >= 11 is 0. The smallest absolute Gasteiger partial charge is 0.348 e. The third kappa shape index (κ3) is 3.96. The second-order valence-corrected chi connectivity index (χ2v) is 7.55. The van der Waals surface area contributed by atoms with E-state index in [0.29, 0.717) is 30.0 Å². The lowest BCUT2D eigenvalue weighted by Crippen LogP contribution is -2.45. The van der Waals surface area contributed by atoms with Gasteiger partial charge in [-0.25, -0.2) is 4.98 Å². The van der Waals surface area contributed by atoms with Gasteiger partial charge in [0.05, 0.1) is 22.9 Å². The van der Waals surface area contributed by atoms with Crippen molar-refractivity contribution >= 4 is 5.95 Å². The quantitative estimate of drug-likeness (QED) is 0.816. The summed E-state index contributed by atoms with van der Waals surface area (Å²) in [6.45, 7) is 4.67. The zero-order valence-electron chi connectivity index (χ0n) is 16.2. The Balaban J connectivity index is 1.66. The normalized spacial score (nSPS) is 17.9. The highest BCUT2D eigenvalue weighted by Crippen LogP contribution is 2.30. The van der Waals surface area contributed by atoms with E-state index in [-0.39, 0.29) is 11.6 Å². The van der Waals surface area contributed by atoms with Crippen LogP contribution >= 0.6 is 0 Å². The van der Waals surface area contributed by atoms with Crippen molar-refractivity contribution in [1.29, 1.82) is 0 Å². The van der Waals surface area contributed by atoms with Gasteiger partial charge in [-0.3, -0.25) is 4.79 Å². The van der Waals surface area contributed by atoms with E-state index in [1.54, 1.807) is 4.68 Å². The van der Waals surface area contributed by atoms with Gasteiger partial charge in [-0.2, -0.15) is 17.8 Å². The highest BCUT2D eigenvalue weighted by atomic mass is 19.4. The molecule has 2 aromatic rings. The molecule has 0 radical (unpaired) electrons. The van der Waals surface area contributed by atoms with Gasteiger partial charge in [-0.05, 0) is 37.5 Å². The largest absolute Gasteiger partial charge is 0.416 e. The van der Waals surface area contributed by atoms with Gasteiger partial charge in [0.2, 0.25) is 5.95 Å². The van der Waals surface area contributed by atoms with Crippen LogP contribution < -0.4 is 21.2 Å². The van der Waals surface area contributed by atoms with Gasteiger partial charge in [0.1, 0.15) is 0 Å². The van der Waals surface area contributed by atoms with Crippen LogP contribution in [0.15, 0.2) is 29.1 Å². The van der Waals surface area contributed by atoms with Gasteiger partial charge < -0.3 is 15.6 Å². The van der Waals surface area contributed by atoms with Crippen LogP contribution in [0.4, 0.5) is 19.1 Å². The summed E-state index contributed by atoms with van der Waals surface area (Å²) < 4.78 is 40.1. The number of anilines is 1. The SMILES string of the molecule is C[C@H](Nc1nc2c(c(=O)n1N1CCCC1)CNCC2)c1ccc(C(F)(F)F)cc1. The minimum Gasteiger partial charge on any atom is -0.348 e. The van der Waals surface area contributed by atoms with E-state index in [1.807, 2.05) is 11.9 Å². The van der Waals surface area contributed by atoms with E-state index in [1.165, 1.54) is 12.1 Å². The van der Waals surface area contributed by atoms with Crippen molar-refractivity contribution in [3.05, 3.63) is 57.0 Å². The molecule has 2 N–H and O–H groups in total. The number of fused-ring (bicyclic) bond motifs is 1. The molecule has 2 aliphatic rings. The minimum atomic E-state index is -4.36. The molecule has 0 spiro atoms. The molecule has 0 aliphatic carbocycles. The van der Waals surface area contributed by atoms with Gasteiger partial charge in [-0.15, -0.1) is 0 Å². The average molecular weight is 407 g/mol. The van der Waals surface area contributed by atoms with E-state index in [0.717, 1.165) is 50.3 Å². The van der Waals surface area contributed by atoms with Gasteiger partial charge in [-0.1, -0.05) is 12.1 Å². The number of nitrogens with one attached hydrogen (secondary N) is 2. The monoisotopic (exact) mass is 407 g/mol. The first-order valence-electron chi connectivity index (χ1n) is 9.89. The molecule has 29 heavy (non-hydrogen) atoms. The van der Waals surface area contributed by atoms with Crippen molar-refractivity contribution in [2.45, 2.75) is 44.9 Å². The number of benzene rings is 1. The standard InChI is InChI=1S/C20H24F3N5O/c1-13(14-4-6-15(7-5-14)20(21,22)23)25-19-26-17-8-9-24-12-16(17)18(29)28(19)27-10-2-3-11-27/h4-7,13,24H,2-3,8-12H2,1H3,(H,25,26)/t13-/m0/s1. The van der Waals surface area contributed by atoms with Crippen molar-refractivity contribution in [3.63, 3.8) is 0 Å². The van der Waals surface area contributed by atoms with Crippen LogP contribution in [0.5, 0.6) is 0 Å². The molecule has 1 fully saturated rings. The summed E-state index contributed by atoms with van der Waals surface area (Å²) in [5.74, 6) is 0.449. The first-order valence-corrected chi connectivity index (χ1v) is 9.89. The summed E-state index contributed by atoms with van der Waals surface area (Å²) in [7, 11) is 0. The van der Waals surface area contributed by atoms with Gasteiger partial charge in [0.25, 0.3) is 5.56 Å². The van der Waals surface area contributed by atoms with E-state index >= 15 is 0 Å². The first kappa shape index (κ1) is 19.8. The van der Waals surface area contributed by atoms with Crippen LogP contribution in [0.25, 0.3) is 0 Å². The van der Waals surface area contributed by atoms with Crippen molar-refractivity contribution in [2.75, 3.05) is 30.0 Å². The summed E-state index contributed by atoms with van der Waals surface area (Å²) in [6.07, 6.45) is -1.67. The fourth-order valence-electron chi connectivity index (χ4n) is 3.89. The molecule has 2 aliphatic heterocycles. The van der Waals surface area contributed by atoms with E-state index in [4.69, 9.17) is 4.98 Å². The lowest BCUT2D eigenvalue weighted by molar-refractivity contribution is -0.137. The number of hydrogen-bond acceptors (Lipinski definition) is 5. The molecule has 0 amide bonds. The molecule has 1 aromatic heterocycles. The molecule has 0 saturated carbocycles. The number of alkyl halides is 3. The third-order valence-corrected chi connectivity index (χ3v) is 5.53. The Morgan fingerprint density at radius 3 is 2.52 bits per heavy atom. The predicted octanol–water partition coefficient (Wildman–Crippen LogP) is 2.81. The molecule has 0 unspecified atom stereocenters. The molecule has 1 aromatic carbocycles. The maximum absolute atomic E-state index is 13.2. The topological polar surface area (TPSA) is 62.2 Å². The number of aromatic nitrogens is 2. The molecule has 3 heterocycles. The molecular formula is C20H24F3N5O. The van der Waals surface area contributed by atoms with Crippen LogP contribution in [-0.2, 0) is 19.1 Å². The molecule has 6 nitrogen and oxygen atoms in total. The van der Waals surface area contributed by atoms with E-state index < -0.39 is 11.7 Å². The number of halogens is 3. The molecular weight excluding hydrogens is 383 g/mol. The Morgan fingerprint density at radius 2 is 1.86 bits per heavy atom. The number of hydrogen-bond donors (Lipinski definition) is 2. The Hall–Kier alpha value is -2.55. The third-order valence-electron chi connectivity index (χ3n) is 5.53. The van der Waals surface area contributed by atoms with Crippen molar-refractivity contribution in [1.82, 2.24) is 15.0 Å². The van der Waals surface area contributed by atoms with Crippen molar-refractivity contribution < 1.29 is 13.2 Å². The molecule has 0 bridgehead atoms. The van der Waals surface area contributed by atoms with Crippen LogP contribution in [0.3, 0.4) is 0 Å². The lowest BCUT2D eigenvalue weighted by Gasteiger charge is -2.28. The fraction of sp³-hybridized carbons (Fsp3) is 0.500. The van der Waals surface area contributed by atoms with Crippen molar-refractivity contribution in [2.24, 2.45) is 0 Å². The second-order valence-electron chi connectivity index (χ2n) is 7.55. The Kier molecular flexibility index (Phi) is 5.24. The Labute approximate surface area is 166 Å². The predicted molar refractivity (Wildman–Crippen MR) is 105 cm³/mol. The summed E-state index contributed by atoms with van der Waals surface area (Å²) in [5.41, 5.74) is 1.41. The zero-order valence-corrected chi connectivity index (χ0v) is 16.2. The van der Waals surface area contributed by atoms with E-state index in [9.17, 15) is 18.0 Å². The Bertz CT molecular complexity index is 933. The van der Waals surface area contributed by atoms with Crippen LogP contribution in [0.1, 0.15) is 48.2 Å². The zero-order chi connectivity index (χ0) is 20.6. The summed E-state index contributed by atoms with van der Waals surface area (Å²) in [4.78, 5) is 17.9. The molecule has 9 heteroatoms. The van der Waals surface area contributed by atoms with Gasteiger partial charge in [0.15, 0.2) is 0 Å². The maximum Gasteiger partial charge on any atom is 0.416 e. The van der Waals surface area contributed by atoms with Gasteiger partial charge in [0, 0.05) is 32.6 Å². The average Bonchev–Trinajstić information content (AvgIpc) is 3.22. The van der Waals surface area contributed by atoms with Crippen LogP contribution in [-0.4, -0.2) is 29.3 Å². The molecule has 156 valence electrons. The maximum atomic E-state index is 13.2. The fourth-order valence-corrected chi connectivity index (χ4v) is 3.89. The van der Waals surface area contributed by atoms with Crippen LogP contribution in [0.2, 0.25) is 0 Å². The summed E-state index contributed by atoms with van der Waals surface area (Å²) in [6, 6.07) is 4.76. The van der Waals surface area contributed by atoms with Crippen LogP contribution in [0, 0.1) is 0 Å². The molecule has 1 saturated heterocycles. The molecule has 1 atom stereocenters. The lowest BCUT2D eigenvalue weighted by atomic mass is 10.1. The van der Waals surface area contributed by atoms with E-state index in [2.05, 4.69) is 10.6 Å². The highest BCUT2D eigenvalue weighted by molar-refractivity contribution is 5.39. The minimum absolute atomic E-state index is 0.0776. The highest BCUT2D eigenvalue weighted by Gasteiger charge is 2.30.